The second kappa shape index (κ2) is 5.95. The summed E-state index contributed by atoms with van der Waals surface area (Å²) in [5.41, 5.74) is 7.42. The molecule has 3 rings (SSSR count). The summed E-state index contributed by atoms with van der Waals surface area (Å²) in [6.45, 7) is 0. The van der Waals surface area contributed by atoms with Gasteiger partial charge in [-0.05, 0) is 29.8 Å². The Hall–Kier alpha value is -2.73. The summed E-state index contributed by atoms with van der Waals surface area (Å²) in [6, 6.07) is 14.6. The van der Waals surface area contributed by atoms with E-state index in [1.54, 1.807) is 24.3 Å². The molecular weight excluding hydrogens is 298 g/mol. The Labute approximate surface area is 130 Å². The molecule has 0 aliphatic heterocycles. The smallest absolute Gasteiger partial charge is 0.284 e. The maximum absolute atomic E-state index is 12.2. The number of hydrogen-bond acceptors (Lipinski definition) is 4. The molecular formula is C16H13N3O2S. The number of nitrogens with zero attached hydrogens (tertiary/aromatic N) is 1. The summed E-state index contributed by atoms with van der Waals surface area (Å²) in [7, 11) is 0. The molecule has 0 saturated heterocycles. The molecule has 0 atom stereocenters. The summed E-state index contributed by atoms with van der Waals surface area (Å²) in [5.74, 6) is -0.630. The molecule has 6 heteroatoms. The Morgan fingerprint density at radius 3 is 2.50 bits per heavy atom. The van der Waals surface area contributed by atoms with Crippen LogP contribution in [-0.2, 0) is 11.2 Å². The number of nitrogens with two attached hydrogens (primary N) is 1. The summed E-state index contributed by atoms with van der Waals surface area (Å²) in [5, 5.41) is 3.21. The fourth-order valence-electron chi connectivity index (χ4n) is 2.06. The molecule has 0 aliphatic rings. The molecule has 1 aromatic heterocycles. The van der Waals surface area contributed by atoms with Crippen LogP contribution >= 0.6 is 11.3 Å². The molecule has 0 radical (unpaired) electrons. The van der Waals surface area contributed by atoms with Gasteiger partial charge in [0, 0.05) is 5.69 Å². The number of para-hydroxylation sites is 1. The van der Waals surface area contributed by atoms with Gasteiger partial charge in [-0.1, -0.05) is 24.3 Å². The first-order chi connectivity index (χ1) is 10.6. The van der Waals surface area contributed by atoms with Crippen molar-refractivity contribution in [3.05, 3.63) is 59.1 Å². The zero-order chi connectivity index (χ0) is 15.5. The summed E-state index contributed by atoms with van der Waals surface area (Å²) in [6.07, 6.45) is 0.187. The van der Waals surface area contributed by atoms with Crippen molar-refractivity contribution in [2.75, 3.05) is 5.32 Å². The highest BCUT2D eigenvalue weighted by Crippen LogP contribution is 2.22. The van der Waals surface area contributed by atoms with E-state index in [4.69, 9.17) is 5.73 Å². The quantitative estimate of drug-likeness (QED) is 0.776. The van der Waals surface area contributed by atoms with Crippen LogP contribution in [0.1, 0.15) is 15.4 Å². The molecule has 1 heterocycles. The molecule has 110 valence electrons. The van der Waals surface area contributed by atoms with E-state index >= 15 is 0 Å². The van der Waals surface area contributed by atoms with Crippen molar-refractivity contribution in [2.45, 2.75) is 6.42 Å². The zero-order valence-electron chi connectivity index (χ0n) is 11.6. The van der Waals surface area contributed by atoms with Gasteiger partial charge in [0.1, 0.15) is 0 Å². The van der Waals surface area contributed by atoms with E-state index < -0.39 is 0 Å². The van der Waals surface area contributed by atoms with Crippen LogP contribution in [0.5, 0.6) is 0 Å². The highest BCUT2D eigenvalue weighted by molar-refractivity contribution is 7.20. The van der Waals surface area contributed by atoms with Gasteiger partial charge < -0.3 is 11.1 Å². The van der Waals surface area contributed by atoms with E-state index in [-0.39, 0.29) is 18.2 Å². The molecule has 0 bridgehead atoms. The minimum Gasteiger partial charge on any atom is -0.369 e. The number of thiazole rings is 1. The number of rotatable bonds is 4. The van der Waals surface area contributed by atoms with Crippen LogP contribution in [-0.4, -0.2) is 16.8 Å². The number of amides is 2. The number of carbonyl (C=O) groups excluding carboxylic acids is 2. The summed E-state index contributed by atoms with van der Waals surface area (Å²) >= 11 is 1.35. The number of nitrogens with one attached hydrogen (secondary N) is 1. The lowest BCUT2D eigenvalue weighted by Gasteiger charge is -2.04. The van der Waals surface area contributed by atoms with E-state index in [2.05, 4.69) is 10.3 Å². The predicted octanol–water partition coefficient (Wildman–Crippen LogP) is 2.58. The monoisotopic (exact) mass is 311 g/mol. The van der Waals surface area contributed by atoms with Gasteiger partial charge >= 0.3 is 0 Å². The normalized spacial score (nSPS) is 10.5. The Kier molecular flexibility index (Phi) is 3.84. The first-order valence-electron chi connectivity index (χ1n) is 6.66. The van der Waals surface area contributed by atoms with Crippen molar-refractivity contribution in [2.24, 2.45) is 5.73 Å². The average Bonchev–Trinajstić information content (AvgIpc) is 2.93. The Bertz CT molecular complexity index is 807. The molecule has 22 heavy (non-hydrogen) atoms. The van der Waals surface area contributed by atoms with Crippen LogP contribution < -0.4 is 11.1 Å². The van der Waals surface area contributed by atoms with Gasteiger partial charge in [-0.15, -0.1) is 11.3 Å². The van der Waals surface area contributed by atoms with Gasteiger partial charge in [0.15, 0.2) is 5.01 Å². The van der Waals surface area contributed by atoms with Crippen molar-refractivity contribution < 1.29 is 9.59 Å². The third-order valence-corrected chi connectivity index (χ3v) is 4.11. The standard InChI is InChI=1S/C16H13N3O2S/c17-14(20)9-10-5-7-11(8-6-10)18-15(21)16-19-12-3-1-2-4-13(12)22-16/h1-8H,9H2,(H2,17,20)(H,18,21). The number of anilines is 1. The number of hydrogen-bond donors (Lipinski definition) is 2. The van der Waals surface area contributed by atoms with Gasteiger partial charge in [-0.3, -0.25) is 9.59 Å². The maximum atomic E-state index is 12.2. The van der Waals surface area contributed by atoms with Gasteiger partial charge in [0.05, 0.1) is 16.6 Å². The molecule has 0 spiro atoms. The minimum atomic E-state index is -0.383. The number of primary amides is 1. The van der Waals surface area contributed by atoms with E-state index in [1.807, 2.05) is 24.3 Å². The van der Waals surface area contributed by atoms with Gasteiger partial charge in [-0.25, -0.2) is 4.98 Å². The Morgan fingerprint density at radius 2 is 1.82 bits per heavy atom. The van der Waals surface area contributed by atoms with E-state index in [1.165, 1.54) is 11.3 Å². The molecule has 3 aromatic rings. The first kappa shape index (κ1) is 14.2. The molecule has 2 aromatic carbocycles. The fourth-order valence-corrected chi connectivity index (χ4v) is 2.92. The third kappa shape index (κ3) is 3.12. The van der Waals surface area contributed by atoms with Crippen molar-refractivity contribution in [1.82, 2.24) is 4.98 Å². The molecule has 0 aliphatic carbocycles. The third-order valence-electron chi connectivity index (χ3n) is 3.08. The average molecular weight is 311 g/mol. The van der Waals surface area contributed by atoms with Crippen LogP contribution in [0, 0.1) is 0 Å². The number of benzene rings is 2. The van der Waals surface area contributed by atoms with Crippen LogP contribution in [0.4, 0.5) is 5.69 Å². The van der Waals surface area contributed by atoms with E-state index in [0.29, 0.717) is 10.7 Å². The molecule has 3 N–H and O–H groups in total. The topological polar surface area (TPSA) is 85.1 Å². The van der Waals surface area contributed by atoms with Crippen LogP contribution in [0.15, 0.2) is 48.5 Å². The Balaban J connectivity index is 1.74. The lowest BCUT2D eigenvalue weighted by molar-refractivity contribution is -0.117. The van der Waals surface area contributed by atoms with Gasteiger partial charge in [0.25, 0.3) is 5.91 Å². The largest absolute Gasteiger partial charge is 0.369 e. The summed E-state index contributed by atoms with van der Waals surface area (Å²) < 4.78 is 0.976. The Morgan fingerprint density at radius 1 is 1.09 bits per heavy atom. The SMILES string of the molecule is NC(=O)Cc1ccc(NC(=O)c2nc3ccccc3s2)cc1. The van der Waals surface area contributed by atoms with E-state index in [9.17, 15) is 9.59 Å². The molecule has 0 saturated carbocycles. The fraction of sp³-hybridized carbons (Fsp3) is 0.0625. The second-order valence-corrected chi connectivity index (χ2v) is 5.81. The first-order valence-corrected chi connectivity index (χ1v) is 7.47. The number of aromatic nitrogens is 1. The second-order valence-electron chi connectivity index (χ2n) is 4.78. The van der Waals surface area contributed by atoms with Crippen molar-refractivity contribution in [1.29, 1.82) is 0 Å². The highest BCUT2D eigenvalue weighted by Gasteiger charge is 2.12. The summed E-state index contributed by atoms with van der Waals surface area (Å²) in [4.78, 5) is 27.4. The van der Waals surface area contributed by atoms with Crippen LogP contribution in [0.3, 0.4) is 0 Å². The van der Waals surface area contributed by atoms with Crippen LogP contribution in [0.25, 0.3) is 10.2 Å². The molecule has 0 fully saturated rings. The van der Waals surface area contributed by atoms with Crippen LogP contribution in [0.2, 0.25) is 0 Å². The van der Waals surface area contributed by atoms with Crippen molar-refractivity contribution in [3.8, 4) is 0 Å². The van der Waals surface area contributed by atoms with Crippen molar-refractivity contribution >= 4 is 39.1 Å². The van der Waals surface area contributed by atoms with E-state index in [0.717, 1.165) is 15.8 Å². The van der Waals surface area contributed by atoms with Gasteiger partial charge in [-0.2, -0.15) is 0 Å². The zero-order valence-corrected chi connectivity index (χ0v) is 12.4. The lowest BCUT2D eigenvalue weighted by atomic mass is 10.1. The maximum Gasteiger partial charge on any atom is 0.284 e. The number of carbonyl (C=O) groups is 2. The minimum absolute atomic E-state index is 0.187. The van der Waals surface area contributed by atoms with Gasteiger partial charge in [0.2, 0.25) is 5.91 Å². The molecule has 0 unspecified atom stereocenters. The number of fused-ring (bicyclic) bond motifs is 1. The lowest BCUT2D eigenvalue weighted by Crippen LogP contribution is -2.14. The predicted molar refractivity (Wildman–Crippen MR) is 86.9 cm³/mol. The molecule has 2 amide bonds. The highest BCUT2D eigenvalue weighted by atomic mass is 32.1. The van der Waals surface area contributed by atoms with Crippen molar-refractivity contribution in [3.63, 3.8) is 0 Å². The molecule has 5 nitrogen and oxygen atoms in total.